The molecule has 0 aromatic heterocycles. The van der Waals surface area contributed by atoms with E-state index in [1.807, 2.05) is 12.1 Å². The molecule has 0 fully saturated rings. The highest BCUT2D eigenvalue weighted by Gasteiger charge is 2.13. The van der Waals surface area contributed by atoms with E-state index in [1.165, 1.54) is 38.5 Å². The average molecular weight is 317 g/mol. The highest BCUT2D eigenvalue weighted by atomic mass is 35.5. The number of halogens is 2. The molecule has 1 rings (SSSR count). The number of benzene rings is 1. The van der Waals surface area contributed by atoms with Crippen molar-refractivity contribution in [1.82, 2.24) is 5.43 Å². The van der Waals surface area contributed by atoms with Crippen LogP contribution in [0.5, 0.6) is 0 Å². The fourth-order valence-electron chi connectivity index (χ4n) is 2.42. The molecule has 20 heavy (non-hydrogen) atoms. The molecule has 0 amide bonds. The first kappa shape index (κ1) is 17.8. The van der Waals surface area contributed by atoms with Crippen molar-refractivity contribution in [3.8, 4) is 0 Å². The normalized spacial score (nSPS) is 12.6. The first-order valence-corrected chi connectivity index (χ1v) is 8.35. The maximum absolute atomic E-state index is 6.21. The van der Waals surface area contributed by atoms with Crippen LogP contribution >= 0.6 is 23.2 Å². The molecule has 0 saturated carbocycles. The van der Waals surface area contributed by atoms with Gasteiger partial charge in [-0.1, -0.05) is 75.1 Å². The molecular weight excluding hydrogens is 291 g/mol. The summed E-state index contributed by atoms with van der Waals surface area (Å²) < 4.78 is 0. The van der Waals surface area contributed by atoms with Crippen molar-refractivity contribution in [3.05, 3.63) is 33.8 Å². The van der Waals surface area contributed by atoms with E-state index in [4.69, 9.17) is 29.0 Å². The Labute approximate surface area is 133 Å². The minimum Gasteiger partial charge on any atom is -0.271 e. The zero-order valence-electron chi connectivity index (χ0n) is 12.3. The van der Waals surface area contributed by atoms with E-state index >= 15 is 0 Å². The molecule has 0 bridgehead atoms. The molecule has 0 aliphatic carbocycles. The van der Waals surface area contributed by atoms with Gasteiger partial charge in [0, 0.05) is 16.1 Å². The van der Waals surface area contributed by atoms with Gasteiger partial charge in [-0.05, 0) is 30.2 Å². The molecule has 0 aliphatic rings. The number of hydrogen-bond acceptors (Lipinski definition) is 2. The van der Waals surface area contributed by atoms with Crippen LogP contribution in [-0.2, 0) is 0 Å². The van der Waals surface area contributed by atoms with Crippen LogP contribution in [0.25, 0.3) is 0 Å². The van der Waals surface area contributed by atoms with Crippen molar-refractivity contribution in [3.63, 3.8) is 0 Å². The van der Waals surface area contributed by atoms with Crippen LogP contribution in [0, 0.1) is 0 Å². The van der Waals surface area contributed by atoms with Gasteiger partial charge in [0.25, 0.3) is 0 Å². The molecule has 2 nitrogen and oxygen atoms in total. The third-order valence-electron chi connectivity index (χ3n) is 3.63. The summed E-state index contributed by atoms with van der Waals surface area (Å²) in [4.78, 5) is 0. The highest BCUT2D eigenvalue weighted by molar-refractivity contribution is 6.33. The van der Waals surface area contributed by atoms with Gasteiger partial charge in [0.1, 0.15) is 0 Å². The smallest absolute Gasteiger partial charge is 0.0475 e. The molecule has 0 heterocycles. The summed E-state index contributed by atoms with van der Waals surface area (Å²) in [6.45, 7) is 2.24. The highest BCUT2D eigenvalue weighted by Crippen LogP contribution is 2.29. The van der Waals surface area contributed by atoms with Crippen LogP contribution < -0.4 is 11.3 Å². The molecule has 4 heteroatoms. The second-order valence-corrected chi connectivity index (χ2v) is 6.14. The Balaban J connectivity index is 2.34. The van der Waals surface area contributed by atoms with Crippen molar-refractivity contribution in [2.45, 2.75) is 64.3 Å². The van der Waals surface area contributed by atoms with Gasteiger partial charge in [0.05, 0.1) is 0 Å². The molecule has 114 valence electrons. The zero-order valence-corrected chi connectivity index (χ0v) is 13.8. The lowest BCUT2D eigenvalue weighted by atomic mass is 10.00. The van der Waals surface area contributed by atoms with Gasteiger partial charge in [-0.3, -0.25) is 11.3 Å². The second kappa shape index (κ2) is 10.4. The number of nitrogens with two attached hydrogens (primary N) is 1. The van der Waals surface area contributed by atoms with E-state index in [0.29, 0.717) is 5.02 Å². The lowest BCUT2D eigenvalue weighted by Gasteiger charge is -2.18. The van der Waals surface area contributed by atoms with Gasteiger partial charge in [-0.15, -0.1) is 0 Å². The number of nitrogens with one attached hydrogen (secondary N) is 1. The van der Waals surface area contributed by atoms with Gasteiger partial charge in [-0.2, -0.15) is 0 Å². The predicted octanol–water partition coefficient (Wildman–Crippen LogP) is 5.64. The van der Waals surface area contributed by atoms with Crippen LogP contribution in [0.15, 0.2) is 18.2 Å². The molecule has 1 aromatic carbocycles. The van der Waals surface area contributed by atoms with Gasteiger partial charge in [0.15, 0.2) is 0 Å². The zero-order chi connectivity index (χ0) is 14.8. The quantitative estimate of drug-likeness (QED) is 0.333. The number of hydrogen-bond donors (Lipinski definition) is 2. The van der Waals surface area contributed by atoms with Crippen molar-refractivity contribution < 1.29 is 0 Å². The first-order valence-electron chi connectivity index (χ1n) is 7.60. The largest absolute Gasteiger partial charge is 0.271 e. The third kappa shape index (κ3) is 6.45. The maximum atomic E-state index is 6.21. The Morgan fingerprint density at radius 1 is 1.05 bits per heavy atom. The van der Waals surface area contributed by atoms with Crippen LogP contribution in [-0.4, -0.2) is 0 Å². The molecule has 1 aromatic rings. The van der Waals surface area contributed by atoms with Crippen molar-refractivity contribution >= 4 is 23.2 Å². The van der Waals surface area contributed by atoms with Crippen molar-refractivity contribution in [2.75, 3.05) is 0 Å². The molecule has 0 radical (unpaired) electrons. The summed E-state index contributed by atoms with van der Waals surface area (Å²) in [5.41, 5.74) is 3.85. The van der Waals surface area contributed by atoms with Gasteiger partial charge in [-0.25, -0.2) is 0 Å². The Kier molecular flexibility index (Phi) is 9.28. The molecule has 3 N–H and O–H groups in total. The van der Waals surface area contributed by atoms with Gasteiger partial charge in [0.2, 0.25) is 0 Å². The summed E-state index contributed by atoms with van der Waals surface area (Å²) in [5.74, 6) is 5.65. The molecule has 1 atom stereocenters. The first-order chi connectivity index (χ1) is 9.69. The van der Waals surface area contributed by atoms with Crippen LogP contribution in [0.2, 0.25) is 10.0 Å². The Hall–Kier alpha value is -0.280. The Bertz CT molecular complexity index is 383. The van der Waals surface area contributed by atoms with Crippen LogP contribution in [0.4, 0.5) is 0 Å². The molecule has 0 spiro atoms. The minimum atomic E-state index is 0.0804. The fourth-order valence-corrected chi connectivity index (χ4v) is 2.85. The van der Waals surface area contributed by atoms with Crippen LogP contribution in [0.3, 0.4) is 0 Å². The third-order valence-corrected chi connectivity index (χ3v) is 4.21. The minimum absolute atomic E-state index is 0.0804. The lowest BCUT2D eigenvalue weighted by molar-refractivity contribution is 0.476. The van der Waals surface area contributed by atoms with E-state index in [0.717, 1.165) is 23.4 Å². The lowest BCUT2D eigenvalue weighted by Crippen LogP contribution is -2.28. The standard InChI is InChI=1S/C16H26Cl2N2/c1-2-3-4-5-6-7-8-9-16(20-19)14-12-13(17)10-11-15(14)18/h10-12,16,20H,2-9,19H2,1H3. The van der Waals surface area contributed by atoms with Gasteiger partial charge >= 0.3 is 0 Å². The summed E-state index contributed by atoms with van der Waals surface area (Å²) >= 11 is 12.2. The average Bonchev–Trinajstić information content (AvgIpc) is 2.45. The molecular formula is C16H26Cl2N2. The van der Waals surface area contributed by atoms with Crippen molar-refractivity contribution in [1.29, 1.82) is 0 Å². The molecule has 1 unspecified atom stereocenters. The Morgan fingerprint density at radius 2 is 1.70 bits per heavy atom. The number of unbranched alkanes of at least 4 members (excludes halogenated alkanes) is 6. The van der Waals surface area contributed by atoms with E-state index < -0.39 is 0 Å². The topological polar surface area (TPSA) is 38.0 Å². The predicted molar refractivity (Wildman–Crippen MR) is 89.1 cm³/mol. The summed E-state index contributed by atoms with van der Waals surface area (Å²) in [7, 11) is 0. The summed E-state index contributed by atoms with van der Waals surface area (Å²) in [6.07, 6.45) is 10.0. The second-order valence-electron chi connectivity index (χ2n) is 5.30. The van der Waals surface area contributed by atoms with E-state index in [9.17, 15) is 0 Å². The van der Waals surface area contributed by atoms with Gasteiger partial charge < -0.3 is 0 Å². The monoisotopic (exact) mass is 316 g/mol. The summed E-state index contributed by atoms with van der Waals surface area (Å²) in [5, 5.41) is 1.42. The maximum Gasteiger partial charge on any atom is 0.0475 e. The molecule has 0 aliphatic heterocycles. The SMILES string of the molecule is CCCCCCCCCC(NN)c1cc(Cl)ccc1Cl. The van der Waals surface area contributed by atoms with E-state index in [1.54, 1.807) is 6.07 Å². The Morgan fingerprint density at radius 3 is 2.35 bits per heavy atom. The number of rotatable bonds is 10. The summed E-state index contributed by atoms with van der Waals surface area (Å²) in [6, 6.07) is 5.61. The fraction of sp³-hybridized carbons (Fsp3) is 0.625. The van der Waals surface area contributed by atoms with Crippen molar-refractivity contribution in [2.24, 2.45) is 5.84 Å². The molecule has 0 saturated heterocycles. The van der Waals surface area contributed by atoms with E-state index in [-0.39, 0.29) is 6.04 Å². The van der Waals surface area contributed by atoms with E-state index in [2.05, 4.69) is 12.3 Å². The van der Waals surface area contributed by atoms with Crippen LogP contribution in [0.1, 0.15) is 69.9 Å². The number of hydrazine groups is 1.